The summed E-state index contributed by atoms with van der Waals surface area (Å²) in [6, 6.07) is 4.50. The molecule has 0 amide bonds. The van der Waals surface area contributed by atoms with Crippen LogP contribution in [-0.4, -0.2) is 42.4 Å². The summed E-state index contributed by atoms with van der Waals surface area (Å²) < 4.78 is 26.8. The molecule has 0 saturated carbocycles. The van der Waals surface area contributed by atoms with E-state index in [0.29, 0.717) is 12.0 Å². The van der Waals surface area contributed by atoms with E-state index in [1.54, 1.807) is 6.07 Å². The maximum absolute atomic E-state index is 13.6. The summed E-state index contributed by atoms with van der Waals surface area (Å²) in [5, 5.41) is 4.14. The van der Waals surface area contributed by atoms with Crippen LogP contribution in [0.4, 0.5) is 8.78 Å². The first-order chi connectivity index (χ1) is 12.1. The van der Waals surface area contributed by atoms with Gasteiger partial charge in [0.2, 0.25) is 0 Å². The maximum Gasteiger partial charge on any atom is 0.159 e. The van der Waals surface area contributed by atoms with Crippen LogP contribution in [-0.2, 0) is 4.84 Å². The lowest BCUT2D eigenvalue weighted by atomic mass is 9.85. The normalized spacial score (nSPS) is 32.4. The average Bonchev–Trinajstić information content (AvgIpc) is 3.24. The van der Waals surface area contributed by atoms with Crippen molar-refractivity contribution in [3.05, 3.63) is 35.4 Å². The summed E-state index contributed by atoms with van der Waals surface area (Å²) in [5.74, 6) is -1.28. The van der Waals surface area contributed by atoms with Gasteiger partial charge in [0.15, 0.2) is 11.6 Å². The van der Waals surface area contributed by atoms with E-state index >= 15 is 0 Å². The number of halogens is 2. The number of hydrogen-bond acceptors (Lipinski definition) is 5. The first-order valence-corrected chi connectivity index (χ1v) is 9.04. The third-order valence-corrected chi connectivity index (χ3v) is 5.56. The van der Waals surface area contributed by atoms with E-state index < -0.39 is 11.6 Å². The zero-order chi connectivity index (χ0) is 17.4. The average molecular weight is 350 g/mol. The summed E-state index contributed by atoms with van der Waals surface area (Å²) in [6.07, 6.45) is 3.00. The van der Waals surface area contributed by atoms with Crippen LogP contribution < -0.4 is 10.9 Å². The van der Waals surface area contributed by atoms with Crippen LogP contribution in [0.15, 0.2) is 23.4 Å². The predicted octanol–water partition coefficient (Wildman–Crippen LogP) is 2.36. The molecule has 1 aromatic rings. The van der Waals surface area contributed by atoms with Gasteiger partial charge in [-0.15, -0.1) is 0 Å². The number of hydrazine groups is 1. The number of rotatable bonds is 4. The van der Waals surface area contributed by atoms with E-state index in [0.717, 1.165) is 50.2 Å². The number of nitrogens with zero attached hydrogens (tertiary/aromatic N) is 2. The van der Waals surface area contributed by atoms with Crippen molar-refractivity contribution in [1.29, 1.82) is 0 Å². The van der Waals surface area contributed by atoms with Crippen molar-refractivity contribution in [2.24, 2.45) is 11.1 Å². The second-order valence-corrected chi connectivity index (χ2v) is 7.20. The first kappa shape index (κ1) is 16.9. The molecule has 0 aliphatic carbocycles. The molecule has 7 heteroatoms. The highest BCUT2D eigenvalue weighted by Gasteiger charge is 2.41. The molecule has 3 aliphatic heterocycles. The number of piperidine rings is 1. The molecule has 5 nitrogen and oxygen atoms in total. The second-order valence-electron chi connectivity index (χ2n) is 7.20. The van der Waals surface area contributed by atoms with Crippen LogP contribution in [0, 0.1) is 17.6 Å². The molecule has 4 atom stereocenters. The van der Waals surface area contributed by atoms with Gasteiger partial charge in [0.25, 0.3) is 0 Å². The lowest BCUT2D eigenvalue weighted by Crippen LogP contribution is -2.47. The van der Waals surface area contributed by atoms with Crippen LogP contribution in [0.1, 0.15) is 37.8 Å². The molecule has 2 N–H and O–H groups in total. The molecule has 136 valence electrons. The number of fused-ring (bicyclic) bond motifs is 1. The summed E-state index contributed by atoms with van der Waals surface area (Å²) >= 11 is 0. The molecule has 4 rings (SSSR count). The van der Waals surface area contributed by atoms with Gasteiger partial charge in [0, 0.05) is 31.5 Å². The molecule has 0 spiro atoms. The van der Waals surface area contributed by atoms with Crippen molar-refractivity contribution in [2.45, 2.75) is 44.4 Å². The molecule has 4 unspecified atom stereocenters. The largest absolute Gasteiger partial charge is 0.391 e. The highest BCUT2D eigenvalue weighted by atomic mass is 19.2. The number of hydrogen-bond donors (Lipinski definition) is 2. The summed E-state index contributed by atoms with van der Waals surface area (Å²) in [7, 11) is 0. The van der Waals surface area contributed by atoms with Gasteiger partial charge in [-0.3, -0.25) is 10.3 Å². The van der Waals surface area contributed by atoms with E-state index in [1.807, 2.05) is 0 Å². The summed E-state index contributed by atoms with van der Waals surface area (Å²) in [6.45, 7) is 4.86. The Morgan fingerprint density at radius 3 is 2.92 bits per heavy atom. The number of nitrogens with one attached hydrogen (secondary N) is 2. The summed E-state index contributed by atoms with van der Waals surface area (Å²) in [5.41, 5.74) is 8.51. The Kier molecular flexibility index (Phi) is 4.71. The van der Waals surface area contributed by atoms with Crippen molar-refractivity contribution in [3.8, 4) is 0 Å². The molecule has 25 heavy (non-hydrogen) atoms. The second kappa shape index (κ2) is 6.97. The molecular weight excluding hydrogens is 326 g/mol. The van der Waals surface area contributed by atoms with Gasteiger partial charge in [-0.25, -0.2) is 14.2 Å². The third-order valence-electron chi connectivity index (χ3n) is 5.56. The molecule has 0 aromatic heterocycles. The van der Waals surface area contributed by atoms with Gasteiger partial charge in [0.05, 0.1) is 11.8 Å². The molecule has 2 saturated heterocycles. The van der Waals surface area contributed by atoms with Gasteiger partial charge >= 0.3 is 0 Å². The van der Waals surface area contributed by atoms with Crippen molar-refractivity contribution < 1.29 is 13.6 Å². The Hall–Kier alpha value is -1.57. The Labute approximate surface area is 146 Å². The fourth-order valence-electron chi connectivity index (χ4n) is 4.16. The minimum absolute atomic E-state index is 0.0187. The standard InChI is InChI=1S/C18H24F2N4O/c1-2-12-8-13(25-23-12)9-24-6-5-17-14(10-24)18(22-21-17)11-3-4-15(19)16(20)7-11/h3-4,7,13-14,17-18,21-22H,2,5-6,8-10H2,1H3. The van der Waals surface area contributed by atoms with E-state index in [1.165, 1.54) is 12.1 Å². The Bertz CT molecular complexity index is 668. The van der Waals surface area contributed by atoms with E-state index in [-0.39, 0.29) is 12.1 Å². The van der Waals surface area contributed by atoms with Gasteiger partial charge < -0.3 is 4.84 Å². The number of benzene rings is 1. The van der Waals surface area contributed by atoms with Gasteiger partial charge in [0.1, 0.15) is 6.10 Å². The maximum atomic E-state index is 13.6. The molecule has 3 aliphatic rings. The molecule has 0 bridgehead atoms. The third kappa shape index (κ3) is 3.41. The van der Waals surface area contributed by atoms with Gasteiger partial charge in [-0.2, -0.15) is 0 Å². The van der Waals surface area contributed by atoms with E-state index in [9.17, 15) is 8.78 Å². The molecule has 1 aromatic carbocycles. The van der Waals surface area contributed by atoms with Crippen molar-refractivity contribution in [2.75, 3.05) is 19.6 Å². The highest BCUT2D eigenvalue weighted by Crippen LogP contribution is 2.34. The number of likely N-dealkylation sites (tertiary alicyclic amines) is 1. The zero-order valence-electron chi connectivity index (χ0n) is 14.3. The van der Waals surface area contributed by atoms with Crippen molar-refractivity contribution in [1.82, 2.24) is 15.8 Å². The quantitative estimate of drug-likeness (QED) is 0.875. The van der Waals surface area contributed by atoms with Crippen LogP contribution in [0.5, 0.6) is 0 Å². The Morgan fingerprint density at radius 1 is 1.28 bits per heavy atom. The van der Waals surface area contributed by atoms with Crippen molar-refractivity contribution in [3.63, 3.8) is 0 Å². The fraction of sp³-hybridized carbons (Fsp3) is 0.611. The van der Waals surface area contributed by atoms with Crippen LogP contribution in [0.25, 0.3) is 0 Å². The molecule has 2 fully saturated rings. The van der Waals surface area contributed by atoms with Crippen LogP contribution in [0.3, 0.4) is 0 Å². The van der Waals surface area contributed by atoms with E-state index in [4.69, 9.17) is 4.84 Å². The lowest BCUT2D eigenvalue weighted by molar-refractivity contribution is 0.0361. The highest BCUT2D eigenvalue weighted by molar-refractivity contribution is 5.85. The summed E-state index contributed by atoms with van der Waals surface area (Å²) in [4.78, 5) is 7.94. The Morgan fingerprint density at radius 2 is 2.16 bits per heavy atom. The minimum Gasteiger partial charge on any atom is -0.391 e. The number of oxime groups is 1. The van der Waals surface area contributed by atoms with Crippen LogP contribution >= 0.6 is 0 Å². The van der Waals surface area contributed by atoms with E-state index in [2.05, 4.69) is 27.8 Å². The molecule has 3 heterocycles. The van der Waals surface area contributed by atoms with Gasteiger partial charge in [-0.05, 0) is 37.1 Å². The smallest absolute Gasteiger partial charge is 0.159 e. The van der Waals surface area contributed by atoms with Gasteiger partial charge in [-0.1, -0.05) is 18.1 Å². The first-order valence-electron chi connectivity index (χ1n) is 9.04. The minimum atomic E-state index is -0.804. The molecule has 0 radical (unpaired) electrons. The monoisotopic (exact) mass is 350 g/mol. The Balaban J connectivity index is 1.41. The lowest BCUT2D eigenvalue weighted by Gasteiger charge is -2.36. The SMILES string of the molecule is CCC1=NOC(CN2CCC3NNC(c4ccc(F)c(F)c4)C3C2)C1. The fourth-order valence-corrected chi connectivity index (χ4v) is 4.16. The van der Waals surface area contributed by atoms with Crippen LogP contribution in [0.2, 0.25) is 0 Å². The predicted molar refractivity (Wildman–Crippen MR) is 90.9 cm³/mol. The topological polar surface area (TPSA) is 48.9 Å². The van der Waals surface area contributed by atoms with Crippen molar-refractivity contribution >= 4 is 5.71 Å². The molecular formula is C18H24F2N4O. The zero-order valence-corrected chi connectivity index (χ0v) is 14.3.